The highest BCUT2D eigenvalue weighted by molar-refractivity contribution is 9.10. The van der Waals surface area contributed by atoms with Gasteiger partial charge in [0, 0.05) is 11.0 Å². The molecule has 2 aromatic rings. The average Bonchev–Trinajstić information content (AvgIpc) is 2.79. The van der Waals surface area contributed by atoms with Gasteiger partial charge in [0.1, 0.15) is 5.01 Å². The smallest absolute Gasteiger partial charge is 0.219 e. The molecule has 3 N–H and O–H groups in total. The lowest BCUT2D eigenvalue weighted by Gasteiger charge is -2.14. The van der Waals surface area contributed by atoms with Crippen LogP contribution in [0.15, 0.2) is 28.7 Å². The summed E-state index contributed by atoms with van der Waals surface area (Å²) in [5, 5.41) is 9.55. The zero-order valence-electron chi connectivity index (χ0n) is 9.93. The Kier molecular flexibility index (Phi) is 4.65. The highest BCUT2D eigenvalue weighted by Crippen LogP contribution is 2.17. The topological polar surface area (TPSA) is 67.1 Å². The van der Waals surface area contributed by atoms with E-state index in [1.165, 1.54) is 16.9 Å². The van der Waals surface area contributed by atoms with Crippen LogP contribution in [0.2, 0.25) is 0 Å². The van der Waals surface area contributed by atoms with E-state index in [1.54, 1.807) is 0 Å². The first-order valence-corrected chi connectivity index (χ1v) is 7.00. The van der Waals surface area contributed by atoms with Gasteiger partial charge in [0.25, 0.3) is 0 Å². The van der Waals surface area contributed by atoms with Gasteiger partial charge in [0.05, 0.1) is 6.54 Å². The maximum absolute atomic E-state index is 5.27. The number of hydrogen-bond acceptors (Lipinski definition) is 6. The SMILES string of the molecule is CN(Cc1ccc(Br)cc1)Cc1nnc(NN)s1. The van der Waals surface area contributed by atoms with Gasteiger partial charge in [-0.25, -0.2) is 5.84 Å². The first-order valence-electron chi connectivity index (χ1n) is 5.39. The summed E-state index contributed by atoms with van der Waals surface area (Å²) in [7, 11) is 2.05. The van der Waals surface area contributed by atoms with Crippen LogP contribution in [0, 0.1) is 0 Å². The minimum atomic E-state index is 0.641. The largest absolute Gasteiger partial charge is 0.298 e. The molecular weight excluding hydrogens is 314 g/mol. The molecule has 0 atom stereocenters. The molecule has 1 aromatic carbocycles. The van der Waals surface area contributed by atoms with Gasteiger partial charge in [-0.15, -0.1) is 10.2 Å². The molecule has 0 fully saturated rings. The number of hydrogen-bond donors (Lipinski definition) is 2. The minimum absolute atomic E-state index is 0.641. The molecule has 2 rings (SSSR count). The van der Waals surface area contributed by atoms with Gasteiger partial charge in [0.2, 0.25) is 5.13 Å². The van der Waals surface area contributed by atoms with Crippen molar-refractivity contribution in [1.82, 2.24) is 15.1 Å². The van der Waals surface area contributed by atoms with E-state index in [0.29, 0.717) is 5.13 Å². The molecule has 0 aliphatic rings. The van der Waals surface area contributed by atoms with Crippen molar-refractivity contribution in [2.75, 3.05) is 12.5 Å². The number of nitrogen functional groups attached to an aromatic ring is 1. The molecule has 0 aliphatic heterocycles. The summed E-state index contributed by atoms with van der Waals surface area (Å²) in [6.45, 7) is 1.63. The molecule has 1 heterocycles. The molecule has 1 aromatic heterocycles. The van der Waals surface area contributed by atoms with Crippen molar-refractivity contribution in [3.05, 3.63) is 39.3 Å². The zero-order chi connectivity index (χ0) is 13.0. The summed E-state index contributed by atoms with van der Waals surface area (Å²) in [5.74, 6) is 5.27. The molecule has 0 amide bonds. The first-order chi connectivity index (χ1) is 8.67. The van der Waals surface area contributed by atoms with Crippen molar-refractivity contribution in [3.63, 3.8) is 0 Å². The van der Waals surface area contributed by atoms with E-state index >= 15 is 0 Å². The maximum atomic E-state index is 5.27. The normalized spacial score (nSPS) is 10.9. The first kappa shape index (κ1) is 13.4. The van der Waals surface area contributed by atoms with Crippen LogP contribution in [0.1, 0.15) is 10.6 Å². The lowest BCUT2D eigenvalue weighted by molar-refractivity contribution is 0.317. The molecule has 18 heavy (non-hydrogen) atoms. The number of hydrazine groups is 1. The van der Waals surface area contributed by atoms with Crippen LogP contribution >= 0.6 is 27.3 Å². The summed E-state index contributed by atoms with van der Waals surface area (Å²) in [6.07, 6.45) is 0. The van der Waals surface area contributed by atoms with Crippen LogP contribution in [-0.2, 0) is 13.1 Å². The Morgan fingerprint density at radius 1 is 1.28 bits per heavy atom. The van der Waals surface area contributed by atoms with Crippen molar-refractivity contribution in [2.24, 2.45) is 5.84 Å². The predicted molar refractivity (Wildman–Crippen MR) is 77.0 cm³/mol. The highest BCUT2D eigenvalue weighted by atomic mass is 79.9. The molecule has 0 saturated heterocycles. The van der Waals surface area contributed by atoms with Gasteiger partial charge >= 0.3 is 0 Å². The fraction of sp³-hybridized carbons (Fsp3) is 0.273. The van der Waals surface area contributed by atoms with Crippen LogP contribution in [0.25, 0.3) is 0 Å². The Hall–Kier alpha value is -1.02. The summed E-state index contributed by atoms with van der Waals surface area (Å²) in [5.41, 5.74) is 3.76. The molecule has 0 aliphatic carbocycles. The molecule has 0 saturated carbocycles. The average molecular weight is 328 g/mol. The standard InChI is InChI=1S/C11H14BrN5S/c1-17(6-8-2-4-9(12)5-3-8)7-10-15-16-11(14-13)18-10/h2-5H,6-7,13H2,1H3,(H,14,16). The fourth-order valence-electron chi connectivity index (χ4n) is 1.56. The zero-order valence-corrected chi connectivity index (χ0v) is 12.3. The highest BCUT2D eigenvalue weighted by Gasteiger charge is 2.07. The molecule has 0 radical (unpaired) electrons. The van der Waals surface area contributed by atoms with Crippen LogP contribution in [0.5, 0.6) is 0 Å². The van der Waals surface area contributed by atoms with Crippen molar-refractivity contribution in [2.45, 2.75) is 13.1 Å². The van der Waals surface area contributed by atoms with Gasteiger partial charge in [0.15, 0.2) is 0 Å². The third-order valence-corrected chi connectivity index (χ3v) is 3.73. The van der Waals surface area contributed by atoms with E-state index in [1.807, 2.05) is 12.1 Å². The van der Waals surface area contributed by atoms with E-state index < -0.39 is 0 Å². The number of aromatic nitrogens is 2. The number of nitrogens with two attached hydrogens (primary N) is 1. The monoisotopic (exact) mass is 327 g/mol. The fourth-order valence-corrected chi connectivity index (χ4v) is 2.56. The van der Waals surface area contributed by atoms with E-state index in [2.05, 4.69) is 55.6 Å². The summed E-state index contributed by atoms with van der Waals surface area (Å²) in [6, 6.07) is 8.30. The number of nitrogens with one attached hydrogen (secondary N) is 1. The number of halogens is 1. The molecule has 0 unspecified atom stereocenters. The van der Waals surface area contributed by atoms with Crippen molar-refractivity contribution in [1.29, 1.82) is 0 Å². The van der Waals surface area contributed by atoms with E-state index in [0.717, 1.165) is 22.6 Å². The van der Waals surface area contributed by atoms with Crippen LogP contribution in [0.3, 0.4) is 0 Å². The molecule has 96 valence electrons. The lowest BCUT2D eigenvalue weighted by Crippen LogP contribution is -2.17. The molecular formula is C11H14BrN5S. The summed E-state index contributed by atoms with van der Waals surface area (Å²) >= 11 is 4.89. The Morgan fingerprint density at radius 2 is 2.00 bits per heavy atom. The van der Waals surface area contributed by atoms with E-state index in [-0.39, 0.29) is 0 Å². The third-order valence-electron chi connectivity index (χ3n) is 2.36. The Morgan fingerprint density at radius 3 is 2.61 bits per heavy atom. The van der Waals surface area contributed by atoms with Crippen molar-refractivity contribution in [3.8, 4) is 0 Å². The Bertz CT molecular complexity index is 498. The summed E-state index contributed by atoms with van der Waals surface area (Å²) in [4.78, 5) is 2.18. The number of anilines is 1. The van der Waals surface area contributed by atoms with Gasteiger partial charge < -0.3 is 0 Å². The molecule has 7 heteroatoms. The van der Waals surface area contributed by atoms with Gasteiger partial charge in [-0.2, -0.15) is 0 Å². The van der Waals surface area contributed by atoms with Crippen molar-refractivity contribution >= 4 is 32.4 Å². The van der Waals surface area contributed by atoms with Crippen molar-refractivity contribution < 1.29 is 0 Å². The Labute approximate surface area is 118 Å². The second kappa shape index (κ2) is 6.24. The van der Waals surface area contributed by atoms with E-state index in [4.69, 9.17) is 5.84 Å². The van der Waals surface area contributed by atoms with Crippen LogP contribution in [0.4, 0.5) is 5.13 Å². The van der Waals surface area contributed by atoms with E-state index in [9.17, 15) is 0 Å². The molecule has 5 nitrogen and oxygen atoms in total. The number of benzene rings is 1. The second-order valence-corrected chi connectivity index (χ2v) is 5.92. The molecule has 0 bridgehead atoms. The van der Waals surface area contributed by atoms with Gasteiger partial charge in [-0.05, 0) is 24.7 Å². The maximum Gasteiger partial charge on any atom is 0.219 e. The Balaban J connectivity index is 1.91. The molecule has 0 spiro atoms. The summed E-state index contributed by atoms with van der Waals surface area (Å²) < 4.78 is 1.09. The lowest BCUT2D eigenvalue weighted by atomic mass is 10.2. The van der Waals surface area contributed by atoms with Crippen LogP contribution < -0.4 is 11.3 Å². The van der Waals surface area contributed by atoms with Gasteiger partial charge in [-0.3, -0.25) is 10.3 Å². The quantitative estimate of drug-likeness (QED) is 0.651. The van der Waals surface area contributed by atoms with Gasteiger partial charge in [-0.1, -0.05) is 39.4 Å². The number of nitrogens with zero attached hydrogens (tertiary/aromatic N) is 3. The van der Waals surface area contributed by atoms with Crippen LogP contribution in [-0.4, -0.2) is 22.1 Å². The number of rotatable bonds is 5. The minimum Gasteiger partial charge on any atom is -0.298 e. The third kappa shape index (κ3) is 3.74. The second-order valence-electron chi connectivity index (χ2n) is 3.94. The predicted octanol–water partition coefficient (Wildman–Crippen LogP) is 2.22.